The Hall–Kier alpha value is -1.21. The monoisotopic (exact) mass is 424 g/mol. The van der Waals surface area contributed by atoms with Crippen molar-refractivity contribution in [2.45, 2.75) is 102 Å². The first kappa shape index (κ1) is 22.0. The summed E-state index contributed by atoms with van der Waals surface area (Å²) in [7, 11) is 1.60. The fourth-order valence-corrected chi connectivity index (χ4v) is 6.63. The molecule has 30 heavy (non-hydrogen) atoms. The van der Waals surface area contributed by atoms with E-state index in [1.165, 1.54) is 0 Å². The maximum atomic E-state index is 14.1. The van der Waals surface area contributed by atoms with Crippen LogP contribution in [0.5, 0.6) is 0 Å². The van der Waals surface area contributed by atoms with Gasteiger partial charge in [0.2, 0.25) is 5.91 Å². The van der Waals surface area contributed by atoms with Gasteiger partial charge >= 0.3 is 0 Å². The van der Waals surface area contributed by atoms with E-state index >= 15 is 0 Å². The van der Waals surface area contributed by atoms with E-state index in [2.05, 4.69) is 0 Å². The molecule has 2 saturated heterocycles. The van der Waals surface area contributed by atoms with Crippen molar-refractivity contribution in [3.63, 3.8) is 0 Å². The van der Waals surface area contributed by atoms with Gasteiger partial charge in [-0.2, -0.15) is 0 Å². The molecule has 7 heteroatoms. The Balaban J connectivity index is 1.53. The molecule has 0 aromatic heterocycles. The summed E-state index contributed by atoms with van der Waals surface area (Å²) in [6.45, 7) is 4.92. The van der Waals surface area contributed by atoms with Gasteiger partial charge in [0.25, 0.3) is 5.91 Å². The van der Waals surface area contributed by atoms with E-state index in [1.54, 1.807) is 14.0 Å². The van der Waals surface area contributed by atoms with Gasteiger partial charge in [-0.1, -0.05) is 0 Å². The van der Waals surface area contributed by atoms with Crippen LogP contribution in [0.25, 0.3) is 0 Å². The number of methoxy groups -OCH3 is 1. The van der Waals surface area contributed by atoms with Crippen molar-refractivity contribution >= 4 is 11.8 Å². The fourth-order valence-electron chi connectivity index (χ4n) is 6.63. The van der Waals surface area contributed by atoms with Crippen LogP contribution in [0, 0.1) is 11.8 Å². The molecule has 2 amide bonds. The number of fused-ring (bicyclic) bond motifs is 1. The molecule has 170 valence electrons. The lowest BCUT2D eigenvalue weighted by atomic mass is 9.68. The number of halogens is 1. The average Bonchev–Trinajstić information content (AvgIpc) is 3.27. The average molecular weight is 425 g/mol. The maximum Gasteiger partial charge on any atom is 0.252 e. The van der Waals surface area contributed by atoms with Crippen molar-refractivity contribution < 1.29 is 23.5 Å². The van der Waals surface area contributed by atoms with Gasteiger partial charge in [0.15, 0.2) is 0 Å². The Morgan fingerprint density at radius 1 is 1.03 bits per heavy atom. The van der Waals surface area contributed by atoms with Crippen LogP contribution >= 0.6 is 0 Å². The van der Waals surface area contributed by atoms with Crippen LogP contribution in [0.3, 0.4) is 0 Å². The second-order valence-electron chi connectivity index (χ2n) is 9.84. The number of carbonyl (C=O) groups is 2. The number of hydrogen-bond donors (Lipinski definition) is 0. The number of ether oxygens (including phenoxy) is 2. The number of hydrogen-bond acceptors (Lipinski definition) is 4. The quantitative estimate of drug-likeness (QED) is 0.699. The Bertz CT molecular complexity index is 641. The minimum atomic E-state index is -0.871. The third-order valence-corrected chi connectivity index (χ3v) is 8.09. The van der Waals surface area contributed by atoms with Crippen molar-refractivity contribution in [3.8, 4) is 0 Å². The van der Waals surface area contributed by atoms with Crippen molar-refractivity contribution in [2.24, 2.45) is 11.8 Å². The van der Waals surface area contributed by atoms with Crippen molar-refractivity contribution in [1.29, 1.82) is 0 Å². The van der Waals surface area contributed by atoms with Gasteiger partial charge < -0.3 is 19.3 Å². The Morgan fingerprint density at radius 2 is 1.77 bits per heavy atom. The summed E-state index contributed by atoms with van der Waals surface area (Å²) < 4.78 is 25.3. The minimum absolute atomic E-state index is 0.0190. The van der Waals surface area contributed by atoms with Gasteiger partial charge in [0.1, 0.15) is 12.3 Å². The third-order valence-electron chi connectivity index (χ3n) is 8.09. The highest BCUT2D eigenvalue weighted by atomic mass is 19.1. The number of carbonyl (C=O) groups excluding carboxylic acids is 2. The molecule has 0 N–H and O–H groups in total. The zero-order chi connectivity index (χ0) is 21.4. The SMILES string of the molecule is COC1CC(C2CCC3C(C2)N(C(=O)C2CCCO2)C[C@H](C)N3C(C)=O)CCC1F. The highest BCUT2D eigenvalue weighted by Gasteiger charge is 2.49. The predicted molar refractivity (Wildman–Crippen MR) is 111 cm³/mol. The first-order valence-electron chi connectivity index (χ1n) is 11.8. The van der Waals surface area contributed by atoms with Crippen LogP contribution < -0.4 is 0 Å². The number of alkyl halides is 1. The summed E-state index contributed by atoms with van der Waals surface area (Å²) in [5.41, 5.74) is 0. The third kappa shape index (κ3) is 4.12. The van der Waals surface area contributed by atoms with Gasteiger partial charge in [-0.15, -0.1) is 0 Å². The molecule has 0 radical (unpaired) electrons. The van der Waals surface area contributed by atoms with E-state index in [-0.39, 0.29) is 42.1 Å². The number of nitrogens with zero attached hydrogens (tertiary/aromatic N) is 2. The largest absolute Gasteiger partial charge is 0.378 e. The second kappa shape index (κ2) is 9.11. The fraction of sp³-hybridized carbons (Fsp3) is 0.913. The van der Waals surface area contributed by atoms with Crippen LogP contribution in [0.2, 0.25) is 0 Å². The predicted octanol–water partition coefficient (Wildman–Crippen LogP) is 2.94. The zero-order valence-electron chi connectivity index (χ0n) is 18.6. The first-order chi connectivity index (χ1) is 14.4. The Kier molecular flexibility index (Phi) is 6.68. The Labute approximate surface area is 179 Å². The molecule has 2 heterocycles. The smallest absolute Gasteiger partial charge is 0.252 e. The first-order valence-corrected chi connectivity index (χ1v) is 11.8. The molecule has 4 rings (SSSR count). The van der Waals surface area contributed by atoms with Crippen LogP contribution in [-0.2, 0) is 19.1 Å². The molecule has 0 aromatic rings. The molecule has 0 bridgehead atoms. The highest BCUT2D eigenvalue weighted by Crippen LogP contribution is 2.44. The molecular weight excluding hydrogens is 387 g/mol. The van der Waals surface area contributed by atoms with Gasteiger partial charge in [0, 0.05) is 33.2 Å². The van der Waals surface area contributed by atoms with Crippen LogP contribution in [0.4, 0.5) is 4.39 Å². The molecule has 8 atom stereocenters. The van der Waals surface area contributed by atoms with E-state index < -0.39 is 6.17 Å². The van der Waals surface area contributed by atoms with Gasteiger partial charge in [-0.3, -0.25) is 9.59 Å². The van der Waals surface area contributed by atoms with Gasteiger partial charge in [0.05, 0.1) is 18.2 Å². The molecule has 4 aliphatic rings. The minimum Gasteiger partial charge on any atom is -0.378 e. The maximum absolute atomic E-state index is 14.1. The van der Waals surface area contributed by atoms with Crippen LogP contribution in [0.1, 0.15) is 65.2 Å². The molecule has 0 aromatic carbocycles. The summed E-state index contributed by atoms with van der Waals surface area (Å²) >= 11 is 0. The molecule has 0 spiro atoms. The van der Waals surface area contributed by atoms with E-state index in [1.807, 2.05) is 16.7 Å². The van der Waals surface area contributed by atoms with Crippen molar-refractivity contribution in [3.05, 3.63) is 0 Å². The van der Waals surface area contributed by atoms with Crippen LogP contribution in [0.15, 0.2) is 0 Å². The summed E-state index contributed by atoms with van der Waals surface area (Å²) in [6, 6.07) is 0.124. The molecular formula is C23H37FN2O4. The summed E-state index contributed by atoms with van der Waals surface area (Å²) in [5.74, 6) is 1.06. The summed E-state index contributed by atoms with van der Waals surface area (Å²) in [5, 5.41) is 0. The summed E-state index contributed by atoms with van der Waals surface area (Å²) in [4.78, 5) is 29.8. The molecule has 2 aliphatic heterocycles. The zero-order valence-corrected chi connectivity index (χ0v) is 18.6. The lowest BCUT2D eigenvalue weighted by Crippen LogP contribution is -2.68. The normalized spacial score (nSPS) is 42.1. The molecule has 2 aliphatic carbocycles. The van der Waals surface area contributed by atoms with Gasteiger partial charge in [-0.25, -0.2) is 4.39 Å². The van der Waals surface area contributed by atoms with Crippen LogP contribution in [-0.4, -0.2) is 78.4 Å². The molecule has 7 unspecified atom stereocenters. The molecule has 6 nitrogen and oxygen atoms in total. The van der Waals surface area contributed by atoms with Crippen molar-refractivity contribution in [1.82, 2.24) is 9.80 Å². The van der Waals surface area contributed by atoms with E-state index in [0.29, 0.717) is 31.4 Å². The lowest BCUT2D eigenvalue weighted by Gasteiger charge is -2.55. The Morgan fingerprint density at radius 3 is 2.43 bits per heavy atom. The number of rotatable bonds is 3. The topological polar surface area (TPSA) is 59.1 Å². The lowest BCUT2D eigenvalue weighted by molar-refractivity contribution is -0.161. The highest BCUT2D eigenvalue weighted by molar-refractivity contribution is 5.82. The van der Waals surface area contributed by atoms with E-state index in [9.17, 15) is 14.0 Å². The standard InChI is InChI=1S/C23H37FN2O4/c1-14-13-25(23(28)21-5-4-10-30-21)20-11-16(7-9-19(20)26(14)15(2)27)17-6-8-18(24)22(12-17)29-3/h14,16-22H,4-13H2,1-3H3/t14-,16?,17?,18?,19?,20?,21?,22?/m0/s1. The summed E-state index contributed by atoms with van der Waals surface area (Å²) in [6.07, 6.45) is 5.22. The van der Waals surface area contributed by atoms with E-state index in [0.717, 1.165) is 44.9 Å². The molecule has 2 saturated carbocycles. The van der Waals surface area contributed by atoms with Crippen molar-refractivity contribution in [2.75, 3.05) is 20.3 Å². The number of amides is 2. The van der Waals surface area contributed by atoms with Gasteiger partial charge in [-0.05, 0) is 70.1 Å². The molecule has 4 fully saturated rings. The number of piperazine rings is 1. The van der Waals surface area contributed by atoms with E-state index in [4.69, 9.17) is 9.47 Å². The second-order valence-corrected chi connectivity index (χ2v) is 9.84.